The lowest BCUT2D eigenvalue weighted by Crippen LogP contribution is -2.41. The lowest BCUT2D eigenvalue weighted by molar-refractivity contribution is -0.131. The predicted octanol–water partition coefficient (Wildman–Crippen LogP) is 3.27. The Balaban J connectivity index is 1.60. The van der Waals surface area contributed by atoms with E-state index in [2.05, 4.69) is 4.90 Å². The van der Waals surface area contributed by atoms with Crippen LogP contribution in [0.5, 0.6) is 0 Å². The molecule has 3 rings (SSSR count). The average molecular weight is 339 g/mol. The number of thioether (sulfide) groups is 1. The summed E-state index contributed by atoms with van der Waals surface area (Å²) in [6.07, 6.45) is 2.78. The molecule has 0 radical (unpaired) electrons. The Labute approximate surface area is 142 Å². The van der Waals surface area contributed by atoms with Crippen LogP contribution in [0.4, 0.5) is 0 Å². The highest BCUT2D eigenvalue weighted by Gasteiger charge is 2.27. The van der Waals surface area contributed by atoms with Gasteiger partial charge in [0.2, 0.25) is 5.91 Å². The molecule has 2 heterocycles. The molecule has 0 aliphatic carbocycles. The minimum atomic E-state index is 0.286. The lowest BCUT2D eigenvalue weighted by Gasteiger charge is -2.33. The molecule has 0 aromatic heterocycles. The number of rotatable bonds is 3. The molecule has 1 atom stereocenters. The zero-order valence-corrected chi connectivity index (χ0v) is 14.4. The van der Waals surface area contributed by atoms with Crippen LogP contribution in [0.15, 0.2) is 24.3 Å². The SMILES string of the molecule is O=C1CC[C@@H](N2CCSCC2)CCN1Cc1cccc(Cl)c1. The highest BCUT2D eigenvalue weighted by molar-refractivity contribution is 7.99. The average Bonchev–Trinajstić information content (AvgIpc) is 2.71. The van der Waals surface area contributed by atoms with E-state index in [9.17, 15) is 4.79 Å². The number of halogens is 1. The van der Waals surface area contributed by atoms with Gasteiger partial charge in [-0.3, -0.25) is 9.69 Å². The molecular formula is C17H23ClN2OS. The summed E-state index contributed by atoms with van der Waals surface area (Å²) in [7, 11) is 0. The van der Waals surface area contributed by atoms with Crippen LogP contribution in [0, 0.1) is 0 Å². The van der Waals surface area contributed by atoms with Crippen LogP contribution >= 0.6 is 23.4 Å². The van der Waals surface area contributed by atoms with E-state index in [1.807, 2.05) is 40.9 Å². The predicted molar refractivity (Wildman–Crippen MR) is 93.4 cm³/mol. The summed E-state index contributed by atoms with van der Waals surface area (Å²) in [5.41, 5.74) is 1.12. The van der Waals surface area contributed by atoms with Crippen LogP contribution in [0.2, 0.25) is 5.02 Å². The summed E-state index contributed by atoms with van der Waals surface area (Å²) in [6.45, 7) is 3.90. The van der Waals surface area contributed by atoms with Crippen molar-refractivity contribution in [3.8, 4) is 0 Å². The Morgan fingerprint density at radius 1 is 1.18 bits per heavy atom. The molecule has 2 aliphatic rings. The molecule has 2 aliphatic heterocycles. The van der Waals surface area contributed by atoms with Crippen LogP contribution in [0.1, 0.15) is 24.8 Å². The second-order valence-corrected chi connectivity index (χ2v) is 7.74. The van der Waals surface area contributed by atoms with Crippen molar-refractivity contribution in [2.75, 3.05) is 31.1 Å². The summed E-state index contributed by atoms with van der Waals surface area (Å²) < 4.78 is 0. The molecule has 2 fully saturated rings. The largest absolute Gasteiger partial charge is 0.338 e. The van der Waals surface area contributed by atoms with Crippen molar-refractivity contribution in [1.82, 2.24) is 9.80 Å². The topological polar surface area (TPSA) is 23.6 Å². The first-order valence-corrected chi connectivity index (χ1v) is 9.59. The molecule has 2 saturated heterocycles. The molecule has 0 saturated carbocycles. The second kappa shape index (κ2) is 7.71. The van der Waals surface area contributed by atoms with Crippen LogP contribution in [0.25, 0.3) is 0 Å². The van der Waals surface area contributed by atoms with Crippen molar-refractivity contribution in [2.24, 2.45) is 0 Å². The maximum Gasteiger partial charge on any atom is 0.222 e. The van der Waals surface area contributed by atoms with Crippen molar-refractivity contribution in [2.45, 2.75) is 31.8 Å². The summed E-state index contributed by atoms with van der Waals surface area (Å²) in [4.78, 5) is 17.0. The van der Waals surface area contributed by atoms with Gasteiger partial charge >= 0.3 is 0 Å². The monoisotopic (exact) mass is 338 g/mol. The van der Waals surface area contributed by atoms with Gasteiger partial charge in [0.05, 0.1) is 0 Å². The minimum Gasteiger partial charge on any atom is -0.338 e. The van der Waals surface area contributed by atoms with E-state index in [4.69, 9.17) is 11.6 Å². The van der Waals surface area contributed by atoms with E-state index in [0.29, 0.717) is 19.0 Å². The first-order valence-electron chi connectivity index (χ1n) is 8.06. The number of carbonyl (C=O) groups excluding carboxylic acids is 1. The van der Waals surface area contributed by atoms with E-state index in [0.717, 1.165) is 30.0 Å². The Bertz CT molecular complexity index is 519. The smallest absolute Gasteiger partial charge is 0.222 e. The van der Waals surface area contributed by atoms with Gasteiger partial charge in [0.1, 0.15) is 0 Å². The fourth-order valence-corrected chi connectivity index (χ4v) is 4.50. The number of benzene rings is 1. The molecule has 0 unspecified atom stereocenters. The second-order valence-electron chi connectivity index (χ2n) is 6.07. The fourth-order valence-electron chi connectivity index (χ4n) is 3.35. The van der Waals surface area contributed by atoms with E-state index >= 15 is 0 Å². The Hall–Kier alpha value is -0.710. The third kappa shape index (κ3) is 4.18. The Morgan fingerprint density at radius 3 is 2.77 bits per heavy atom. The first-order chi connectivity index (χ1) is 10.7. The highest BCUT2D eigenvalue weighted by atomic mass is 35.5. The standard InChI is InChI=1S/C17H23ClN2OS/c18-15-3-1-2-14(12-15)13-20-7-6-16(4-5-17(20)21)19-8-10-22-11-9-19/h1-3,12,16H,4-11,13H2/t16-/m1/s1. The van der Waals surface area contributed by atoms with Crippen molar-refractivity contribution in [3.05, 3.63) is 34.9 Å². The molecule has 0 N–H and O–H groups in total. The van der Waals surface area contributed by atoms with Gasteiger partial charge in [-0.05, 0) is 30.5 Å². The van der Waals surface area contributed by atoms with Crippen LogP contribution in [0.3, 0.4) is 0 Å². The molecule has 0 bridgehead atoms. The van der Waals surface area contributed by atoms with Gasteiger partial charge < -0.3 is 4.90 Å². The Morgan fingerprint density at radius 2 is 2.00 bits per heavy atom. The van der Waals surface area contributed by atoms with Crippen molar-refractivity contribution in [3.63, 3.8) is 0 Å². The molecule has 1 aromatic rings. The number of hydrogen-bond acceptors (Lipinski definition) is 3. The van der Waals surface area contributed by atoms with E-state index in [1.54, 1.807) is 0 Å². The fraction of sp³-hybridized carbons (Fsp3) is 0.588. The van der Waals surface area contributed by atoms with Crippen molar-refractivity contribution in [1.29, 1.82) is 0 Å². The van der Waals surface area contributed by atoms with E-state index in [-0.39, 0.29) is 5.91 Å². The molecule has 1 aromatic carbocycles. The molecule has 0 spiro atoms. The van der Waals surface area contributed by atoms with Gasteiger partial charge in [0, 0.05) is 55.2 Å². The van der Waals surface area contributed by atoms with Gasteiger partial charge in [-0.25, -0.2) is 0 Å². The molecule has 1 amide bonds. The molecule has 22 heavy (non-hydrogen) atoms. The lowest BCUT2D eigenvalue weighted by atomic mass is 10.1. The summed E-state index contributed by atoms with van der Waals surface area (Å²) in [5, 5.41) is 0.739. The summed E-state index contributed by atoms with van der Waals surface area (Å²) in [6, 6.07) is 8.41. The number of hydrogen-bond donors (Lipinski definition) is 0. The van der Waals surface area contributed by atoms with Gasteiger partial charge in [-0.2, -0.15) is 11.8 Å². The number of carbonyl (C=O) groups is 1. The molecule has 5 heteroatoms. The van der Waals surface area contributed by atoms with Gasteiger partial charge in [-0.1, -0.05) is 23.7 Å². The quantitative estimate of drug-likeness (QED) is 0.845. The van der Waals surface area contributed by atoms with Crippen LogP contribution in [-0.4, -0.2) is 52.9 Å². The third-order valence-electron chi connectivity index (χ3n) is 4.60. The molecule has 3 nitrogen and oxygen atoms in total. The third-order valence-corrected chi connectivity index (χ3v) is 5.78. The number of nitrogens with zero attached hydrogens (tertiary/aromatic N) is 2. The Kier molecular flexibility index (Phi) is 5.66. The van der Waals surface area contributed by atoms with Crippen LogP contribution in [-0.2, 0) is 11.3 Å². The minimum absolute atomic E-state index is 0.286. The number of amides is 1. The maximum atomic E-state index is 12.4. The van der Waals surface area contributed by atoms with Gasteiger partial charge in [-0.15, -0.1) is 0 Å². The maximum absolute atomic E-state index is 12.4. The highest BCUT2D eigenvalue weighted by Crippen LogP contribution is 2.22. The summed E-state index contributed by atoms with van der Waals surface area (Å²) >= 11 is 8.08. The normalized spacial score (nSPS) is 24.3. The van der Waals surface area contributed by atoms with Crippen molar-refractivity contribution < 1.29 is 4.79 Å². The van der Waals surface area contributed by atoms with Crippen LogP contribution < -0.4 is 0 Å². The first kappa shape index (κ1) is 16.2. The van der Waals surface area contributed by atoms with E-state index < -0.39 is 0 Å². The van der Waals surface area contributed by atoms with Crippen molar-refractivity contribution >= 4 is 29.3 Å². The molecule has 120 valence electrons. The zero-order valence-electron chi connectivity index (χ0n) is 12.8. The summed E-state index contributed by atoms with van der Waals surface area (Å²) in [5.74, 6) is 2.75. The van der Waals surface area contributed by atoms with E-state index in [1.165, 1.54) is 24.6 Å². The van der Waals surface area contributed by atoms with Gasteiger partial charge in [0.25, 0.3) is 0 Å². The van der Waals surface area contributed by atoms with Gasteiger partial charge in [0.15, 0.2) is 0 Å². The number of likely N-dealkylation sites (tertiary alicyclic amines) is 1. The molecular weight excluding hydrogens is 316 g/mol. The zero-order chi connectivity index (χ0) is 15.4.